The predicted molar refractivity (Wildman–Crippen MR) is 66.5 cm³/mol. The summed E-state index contributed by atoms with van der Waals surface area (Å²) < 4.78 is 16.7. The van der Waals surface area contributed by atoms with Gasteiger partial charge >= 0.3 is 0 Å². The van der Waals surface area contributed by atoms with Crippen LogP contribution in [-0.2, 0) is 14.2 Å². The quantitative estimate of drug-likeness (QED) is 0.666. The van der Waals surface area contributed by atoms with E-state index >= 15 is 0 Å². The van der Waals surface area contributed by atoms with Crippen LogP contribution >= 0.6 is 0 Å². The maximum Gasteiger partial charge on any atom is 0.117 e. The fraction of sp³-hybridized carbons (Fsp3) is 0.714. The molecule has 2 aliphatic heterocycles. The molecule has 2 rings (SSSR count). The summed E-state index contributed by atoms with van der Waals surface area (Å²) in [6.45, 7) is 8.88. The molecule has 5 atom stereocenters. The molecule has 1 N–H and O–H groups in total. The fourth-order valence-electron chi connectivity index (χ4n) is 2.42. The van der Waals surface area contributed by atoms with Crippen LogP contribution < -0.4 is 0 Å². The zero-order valence-electron chi connectivity index (χ0n) is 10.7. The van der Waals surface area contributed by atoms with E-state index in [1.54, 1.807) is 0 Å². The molecule has 1 saturated heterocycles. The van der Waals surface area contributed by atoms with Crippen molar-refractivity contribution < 1.29 is 19.3 Å². The second-order valence-electron chi connectivity index (χ2n) is 4.78. The van der Waals surface area contributed by atoms with Crippen LogP contribution in [0, 0.1) is 13.5 Å². The Labute approximate surface area is 109 Å². The minimum atomic E-state index is -0.421. The van der Waals surface area contributed by atoms with Gasteiger partial charge in [0.1, 0.15) is 24.4 Å². The Hall–Kier alpha value is -0.420. The number of ether oxygens (including phenoxy) is 3. The SMILES string of the molecule is [CH][CH]OC1C2C=CC(O2)C1OCC(O)CCCC. The summed E-state index contributed by atoms with van der Waals surface area (Å²) in [5.74, 6) is 0. The maximum absolute atomic E-state index is 9.77. The third-order valence-corrected chi connectivity index (χ3v) is 3.38. The number of hydrogen-bond acceptors (Lipinski definition) is 4. The Morgan fingerprint density at radius 2 is 2.11 bits per heavy atom. The number of unbranched alkanes of at least 4 members (excludes halogenated alkanes) is 1. The molecule has 3 radical (unpaired) electrons. The van der Waals surface area contributed by atoms with Crippen LogP contribution in [-0.4, -0.2) is 42.2 Å². The van der Waals surface area contributed by atoms with E-state index in [4.69, 9.17) is 21.1 Å². The van der Waals surface area contributed by atoms with E-state index in [0.717, 1.165) is 19.3 Å². The summed E-state index contributed by atoms with van der Waals surface area (Å²) in [5.41, 5.74) is 0. The summed E-state index contributed by atoms with van der Waals surface area (Å²) in [5, 5.41) is 9.77. The second kappa shape index (κ2) is 6.66. The van der Waals surface area contributed by atoms with Crippen molar-refractivity contribution in [3.8, 4) is 0 Å². The van der Waals surface area contributed by atoms with Crippen molar-refractivity contribution in [3.63, 3.8) is 0 Å². The molecule has 0 aromatic heterocycles. The number of aliphatic hydroxyl groups excluding tert-OH is 1. The molecule has 4 nitrogen and oxygen atoms in total. The first-order chi connectivity index (χ1) is 8.76. The third kappa shape index (κ3) is 3.12. The molecule has 4 heteroatoms. The van der Waals surface area contributed by atoms with E-state index in [0.29, 0.717) is 6.61 Å². The largest absolute Gasteiger partial charge is 0.391 e. The number of aliphatic hydroxyl groups is 1. The van der Waals surface area contributed by atoms with E-state index in [1.165, 1.54) is 6.61 Å². The Morgan fingerprint density at radius 3 is 2.78 bits per heavy atom. The van der Waals surface area contributed by atoms with Crippen LogP contribution in [0.15, 0.2) is 12.2 Å². The molecule has 18 heavy (non-hydrogen) atoms. The number of hydrogen-bond donors (Lipinski definition) is 1. The van der Waals surface area contributed by atoms with E-state index in [-0.39, 0.29) is 24.4 Å². The molecule has 0 aromatic carbocycles. The summed E-state index contributed by atoms with van der Waals surface area (Å²) in [7, 11) is 0. The summed E-state index contributed by atoms with van der Waals surface area (Å²) in [6.07, 6.45) is 5.80. The molecular formula is C14H21O4. The van der Waals surface area contributed by atoms with E-state index in [1.807, 2.05) is 12.2 Å². The maximum atomic E-state index is 9.77. The first-order valence-corrected chi connectivity index (χ1v) is 6.58. The normalized spacial score (nSPS) is 35.3. The highest BCUT2D eigenvalue weighted by atomic mass is 16.6. The Bertz CT molecular complexity index is 279. The number of rotatable bonds is 8. The van der Waals surface area contributed by atoms with Gasteiger partial charge in [-0.2, -0.15) is 0 Å². The summed E-state index contributed by atoms with van der Waals surface area (Å²) in [4.78, 5) is 0. The predicted octanol–water partition coefficient (Wildman–Crippen LogP) is 1.52. The van der Waals surface area contributed by atoms with Gasteiger partial charge in [0.2, 0.25) is 0 Å². The smallest absolute Gasteiger partial charge is 0.117 e. The van der Waals surface area contributed by atoms with Gasteiger partial charge in [-0.25, -0.2) is 0 Å². The zero-order chi connectivity index (χ0) is 13.0. The molecule has 101 valence electrons. The Morgan fingerprint density at radius 1 is 1.39 bits per heavy atom. The van der Waals surface area contributed by atoms with Crippen LogP contribution in [0.2, 0.25) is 0 Å². The van der Waals surface area contributed by atoms with E-state index < -0.39 is 6.10 Å². The molecule has 0 aromatic rings. The standard InChI is InChI=1S/C14H21O4/c1-3-5-6-10(15)9-17-14-12-8-7-11(18-12)13(14)16-4-2/h2,4,7-8,10-15H,3,5-6,9H2,1H3. The average Bonchev–Trinajstić information content (AvgIpc) is 2.95. The van der Waals surface area contributed by atoms with Gasteiger partial charge < -0.3 is 19.3 Å². The van der Waals surface area contributed by atoms with Gasteiger partial charge in [0.15, 0.2) is 0 Å². The zero-order valence-corrected chi connectivity index (χ0v) is 10.7. The highest BCUT2D eigenvalue weighted by Crippen LogP contribution is 2.33. The van der Waals surface area contributed by atoms with Crippen molar-refractivity contribution in [1.82, 2.24) is 0 Å². The summed E-state index contributed by atoms with van der Waals surface area (Å²) in [6, 6.07) is 0. The minimum Gasteiger partial charge on any atom is -0.391 e. The summed E-state index contributed by atoms with van der Waals surface area (Å²) >= 11 is 0. The van der Waals surface area contributed by atoms with Crippen molar-refractivity contribution >= 4 is 0 Å². The lowest BCUT2D eigenvalue weighted by atomic mass is 10.0. The third-order valence-electron chi connectivity index (χ3n) is 3.38. The van der Waals surface area contributed by atoms with Crippen LogP contribution in [0.4, 0.5) is 0 Å². The van der Waals surface area contributed by atoms with Crippen molar-refractivity contribution in [3.05, 3.63) is 25.7 Å². The number of fused-ring (bicyclic) bond motifs is 2. The van der Waals surface area contributed by atoms with Gasteiger partial charge in [0.25, 0.3) is 0 Å². The van der Waals surface area contributed by atoms with Gasteiger partial charge in [0, 0.05) is 0 Å². The van der Waals surface area contributed by atoms with Crippen molar-refractivity contribution in [2.24, 2.45) is 0 Å². The van der Waals surface area contributed by atoms with Crippen molar-refractivity contribution in [2.45, 2.75) is 56.7 Å². The monoisotopic (exact) mass is 253 g/mol. The molecule has 2 aliphatic rings. The molecule has 1 fully saturated rings. The van der Waals surface area contributed by atoms with Gasteiger partial charge in [-0.15, -0.1) is 0 Å². The minimum absolute atomic E-state index is 0.0849. The second-order valence-corrected chi connectivity index (χ2v) is 4.78. The lowest BCUT2D eigenvalue weighted by Gasteiger charge is -2.25. The van der Waals surface area contributed by atoms with Crippen LogP contribution in [0.3, 0.4) is 0 Å². The molecule has 2 heterocycles. The Kier molecular flexibility index (Phi) is 5.18. The van der Waals surface area contributed by atoms with Crippen LogP contribution in [0.25, 0.3) is 0 Å². The molecule has 5 unspecified atom stereocenters. The first kappa shape index (κ1) is 14.0. The van der Waals surface area contributed by atoms with Gasteiger partial charge in [-0.3, -0.25) is 0 Å². The van der Waals surface area contributed by atoms with Crippen LogP contribution in [0.5, 0.6) is 0 Å². The van der Waals surface area contributed by atoms with Crippen molar-refractivity contribution in [1.29, 1.82) is 0 Å². The van der Waals surface area contributed by atoms with Gasteiger partial charge in [-0.05, 0) is 13.3 Å². The fourth-order valence-corrected chi connectivity index (χ4v) is 2.42. The topological polar surface area (TPSA) is 47.9 Å². The highest BCUT2D eigenvalue weighted by Gasteiger charge is 2.47. The lowest BCUT2D eigenvalue weighted by Crippen LogP contribution is -2.39. The average molecular weight is 253 g/mol. The van der Waals surface area contributed by atoms with Crippen LogP contribution in [0.1, 0.15) is 26.2 Å². The van der Waals surface area contributed by atoms with Crippen molar-refractivity contribution in [2.75, 3.05) is 6.61 Å². The van der Waals surface area contributed by atoms with Gasteiger partial charge in [0.05, 0.1) is 19.3 Å². The lowest BCUT2D eigenvalue weighted by molar-refractivity contribution is -0.0690. The van der Waals surface area contributed by atoms with E-state index in [2.05, 4.69) is 6.92 Å². The Balaban J connectivity index is 1.79. The molecule has 0 spiro atoms. The van der Waals surface area contributed by atoms with Gasteiger partial charge in [-0.1, -0.05) is 31.9 Å². The molecule has 0 aliphatic carbocycles. The highest BCUT2D eigenvalue weighted by molar-refractivity contribution is 5.17. The molecule has 0 amide bonds. The molecular weight excluding hydrogens is 232 g/mol. The van der Waals surface area contributed by atoms with E-state index in [9.17, 15) is 5.11 Å². The molecule has 0 saturated carbocycles. The first-order valence-electron chi connectivity index (χ1n) is 6.58. The molecule has 2 bridgehead atoms.